The van der Waals surface area contributed by atoms with Crippen LogP contribution in [-0.4, -0.2) is 60.7 Å². The topological polar surface area (TPSA) is 41.9 Å². The molecular weight excluding hydrogens is 218 g/mol. The van der Waals surface area contributed by atoms with E-state index in [-0.39, 0.29) is 5.60 Å². The summed E-state index contributed by atoms with van der Waals surface area (Å²) in [4.78, 5) is 2.31. The normalized spacial score (nSPS) is 24.9. The van der Waals surface area contributed by atoms with Crippen molar-refractivity contribution in [2.75, 3.05) is 32.9 Å². The zero-order chi connectivity index (χ0) is 12.9. The second-order valence-corrected chi connectivity index (χ2v) is 5.71. The smallest absolute Gasteiger partial charge is 0.0900 e. The van der Waals surface area contributed by atoms with E-state index in [1.54, 1.807) is 0 Å². The zero-order valence-electron chi connectivity index (χ0n) is 11.6. The van der Waals surface area contributed by atoms with Crippen LogP contribution >= 0.6 is 0 Å². The lowest BCUT2D eigenvalue weighted by Gasteiger charge is -2.36. The van der Waals surface area contributed by atoms with Crippen molar-refractivity contribution in [1.82, 2.24) is 4.90 Å². The summed E-state index contributed by atoms with van der Waals surface area (Å²) in [6, 6.07) is 0.438. The van der Waals surface area contributed by atoms with E-state index in [0.29, 0.717) is 19.2 Å². The average molecular weight is 245 g/mol. The Hall–Kier alpha value is -0.160. The number of hydrogen-bond acceptors (Lipinski definition) is 4. The summed E-state index contributed by atoms with van der Waals surface area (Å²) in [7, 11) is 0. The van der Waals surface area contributed by atoms with E-state index in [9.17, 15) is 5.11 Å². The van der Waals surface area contributed by atoms with Crippen LogP contribution in [0.5, 0.6) is 0 Å². The molecule has 0 spiro atoms. The van der Waals surface area contributed by atoms with Crippen LogP contribution in [-0.2, 0) is 9.47 Å². The highest BCUT2D eigenvalue weighted by atomic mass is 16.5. The second-order valence-electron chi connectivity index (χ2n) is 5.71. The molecule has 1 saturated heterocycles. The fourth-order valence-corrected chi connectivity index (χ4v) is 1.98. The highest BCUT2D eigenvalue weighted by Gasteiger charge is 2.24. The number of β-amino-alcohol motifs (C(OH)–C–C–N with tert-alkyl or cyclic N) is 1. The van der Waals surface area contributed by atoms with Gasteiger partial charge in [0.25, 0.3) is 0 Å². The van der Waals surface area contributed by atoms with Gasteiger partial charge in [0.1, 0.15) is 0 Å². The molecule has 0 aromatic carbocycles. The molecule has 1 N–H and O–H groups in total. The summed E-state index contributed by atoms with van der Waals surface area (Å²) in [5, 5.41) is 9.97. The molecule has 2 atom stereocenters. The van der Waals surface area contributed by atoms with E-state index in [4.69, 9.17) is 9.47 Å². The maximum absolute atomic E-state index is 9.97. The van der Waals surface area contributed by atoms with E-state index in [0.717, 1.165) is 26.2 Å². The lowest BCUT2D eigenvalue weighted by atomic mass is 10.1. The van der Waals surface area contributed by atoms with Gasteiger partial charge in [-0.15, -0.1) is 0 Å². The van der Waals surface area contributed by atoms with Crippen molar-refractivity contribution in [2.24, 2.45) is 0 Å². The number of aliphatic hydroxyl groups excluding tert-OH is 1. The third-order valence-corrected chi connectivity index (χ3v) is 2.97. The molecule has 1 aliphatic rings. The zero-order valence-corrected chi connectivity index (χ0v) is 11.6. The van der Waals surface area contributed by atoms with E-state index in [1.807, 2.05) is 20.8 Å². The van der Waals surface area contributed by atoms with Gasteiger partial charge >= 0.3 is 0 Å². The minimum atomic E-state index is -0.415. The standard InChI is InChI=1S/C13H27NO3/c1-5-11-9-16-7-6-14(11)8-12(15)10-17-13(2,3)4/h11-12,15H,5-10H2,1-4H3. The fourth-order valence-electron chi connectivity index (χ4n) is 1.98. The summed E-state index contributed by atoms with van der Waals surface area (Å²) in [5.74, 6) is 0. The molecule has 0 aromatic heterocycles. The van der Waals surface area contributed by atoms with Crippen LogP contribution in [0.2, 0.25) is 0 Å². The summed E-state index contributed by atoms with van der Waals surface area (Å²) in [6.07, 6.45) is 0.647. The van der Waals surface area contributed by atoms with Crippen molar-refractivity contribution in [3.8, 4) is 0 Å². The molecule has 4 nitrogen and oxygen atoms in total. The second kappa shape index (κ2) is 6.69. The Balaban J connectivity index is 2.31. The van der Waals surface area contributed by atoms with Crippen molar-refractivity contribution in [3.05, 3.63) is 0 Å². The molecule has 4 heteroatoms. The average Bonchev–Trinajstić information content (AvgIpc) is 2.26. The predicted octanol–water partition coefficient (Wildman–Crippen LogP) is 1.27. The Bertz CT molecular complexity index is 215. The van der Waals surface area contributed by atoms with E-state index in [1.165, 1.54) is 0 Å². The van der Waals surface area contributed by atoms with Crippen LogP contribution in [0.3, 0.4) is 0 Å². The third-order valence-electron chi connectivity index (χ3n) is 2.97. The largest absolute Gasteiger partial charge is 0.389 e. The van der Waals surface area contributed by atoms with Crippen molar-refractivity contribution in [2.45, 2.75) is 51.9 Å². The van der Waals surface area contributed by atoms with Crippen molar-refractivity contribution < 1.29 is 14.6 Å². The van der Waals surface area contributed by atoms with Gasteiger partial charge in [0.15, 0.2) is 0 Å². The third kappa shape index (κ3) is 5.82. The van der Waals surface area contributed by atoms with Gasteiger partial charge < -0.3 is 14.6 Å². The first-order chi connectivity index (χ1) is 7.92. The highest BCUT2D eigenvalue weighted by Crippen LogP contribution is 2.12. The van der Waals surface area contributed by atoms with Crippen molar-refractivity contribution in [1.29, 1.82) is 0 Å². The van der Waals surface area contributed by atoms with E-state index < -0.39 is 6.10 Å². The van der Waals surface area contributed by atoms with Crippen LogP contribution in [0, 0.1) is 0 Å². The first kappa shape index (κ1) is 14.9. The maximum atomic E-state index is 9.97. The molecule has 0 amide bonds. The van der Waals surface area contributed by atoms with Gasteiger partial charge in [-0.3, -0.25) is 4.90 Å². The quantitative estimate of drug-likeness (QED) is 0.792. The van der Waals surface area contributed by atoms with Gasteiger partial charge in [0.2, 0.25) is 0 Å². The fraction of sp³-hybridized carbons (Fsp3) is 1.00. The van der Waals surface area contributed by atoms with Crippen molar-refractivity contribution in [3.63, 3.8) is 0 Å². The lowest BCUT2D eigenvalue weighted by Crippen LogP contribution is -2.49. The Morgan fingerprint density at radius 1 is 1.47 bits per heavy atom. The van der Waals surface area contributed by atoms with E-state index in [2.05, 4.69) is 11.8 Å². The van der Waals surface area contributed by atoms with Gasteiger partial charge in [0.05, 0.1) is 31.5 Å². The Kier molecular flexibility index (Phi) is 5.86. The molecule has 0 bridgehead atoms. The number of morpholine rings is 1. The monoisotopic (exact) mass is 245 g/mol. The van der Waals surface area contributed by atoms with Crippen LogP contribution < -0.4 is 0 Å². The Labute approximate surface area is 105 Å². The molecule has 0 saturated carbocycles. The number of aliphatic hydroxyl groups is 1. The number of nitrogens with zero attached hydrogens (tertiary/aromatic N) is 1. The predicted molar refractivity (Wildman–Crippen MR) is 68.2 cm³/mol. The molecule has 1 aliphatic heterocycles. The minimum Gasteiger partial charge on any atom is -0.389 e. The number of ether oxygens (including phenoxy) is 2. The molecule has 0 aliphatic carbocycles. The minimum absolute atomic E-state index is 0.184. The first-order valence-corrected chi connectivity index (χ1v) is 6.56. The molecule has 17 heavy (non-hydrogen) atoms. The number of hydrogen-bond donors (Lipinski definition) is 1. The molecule has 102 valence electrons. The molecule has 1 rings (SSSR count). The van der Waals surface area contributed by atoms with Crippen LogP contribution in [0.15, 0.2) is 0 Å². The summed E-state index contributed by atoms with van der Waals surface area (Å²) < 4.78 is 11.0. The number of rotatable bonds is 5. The van der Waals surface area contributed by atoms with Crippen LogP contribution in [0.4, 0.5) is 0 Å². The SMILES string of the molecule is CCC1COCCN1CC(O)COC(C)(C)C. The van der Waals surface area contributed by atoms with Crippen molar-refractivity contribution >= 4 is 0 Å². The lowest BCUT2D eigenvalue weighted by molar-refractivity contribution is -0.0741. The molecular formula is C13H27NO3. The van der Waals surface area contributed by atoms with Gasteiger partial charge in [-0.25, -0.2) is 0 Å². The molecule has 1 heterocycles. The summed E-state index contributed by atoms with van der Waals surface area (Å²) in [6.45, 7) is 11.7. The van der Waals surface area contributed by atoms with Crippen LogP contribution in [0.1, 0.15) is 34.1 Å². The highest BCUT2D eigenvalue weighted by molar-refractivity contribution is 4.76. The molecule has 1 fully saturated rings. The van der Waals surface area contributed by atoms with Gasteiger partial charge in [-0.1, -0.05) is 6.92 Å². The van der Waals surface area contributed by atoms with E-state index >= 15 is 0 Å². The van der Waals surface area contributed by atoms with Gasteiger partial charge in [0, 0.05) is 19.1 Å². The molecule has 2 unspecified atom stereocenters. The van der Waals surface area contributed by atoms with Gasteiger partial charge in [-0.05, 0) is 27.2 Å². The Morgan fingerprint density at radius 3 is 2.76 bits per heavy atom. The molecule has 0 aromatic rings. The molecule has 0 radical (unpaired) electrons. The maximum Gasteiger partial charge on any atom is 0.0900 e. The summed E-state index contributed by atoms with van der Waals surface area (Å²) in [5.41, 5.74) is -0.184. The van der Waals surface area contributed by atoms with Gasteiger partial charge in [-0.2, -0.15) is 0 Å². The van der Waals surface area contributed by atoms with Crippen LogP contribution in [0.25, 0.3) is 0 Å². The Morgan fingerprint density at radius 2 is 2.18 bits per heavy atom. The first-order valence-electron chi connectivity index (χ1n) is 6.56. The summed E-state index contributed by atoms with van der Waals surface area (Å²) >= 11 is 0.